The fourth-order valence-corrected chi connectivity index (χ4v) is 5.18. The van der Waals surface area contributed by atoms with Gasteiger partial charge in [-0.1, -0.05) is 62.0 Å². The monoisotopic (exact) mass is 464 g/mol. The number of ether oxygens (including phenoxy) is 1. The van der Waals surface area contributed by atoms with E-state index in [1.54, 1.807) is 19.1 Å². The topological polar surface area (TPSA) is 72.0 Å². The number of benzene rings is 2. The van der Waals surface area contributed by atoms with E-state index >= 15 is 0 Å². The lowest BCUT2D eigenvalue weighted by molar-refractivity contribution is 0.0526. The number of nitrogens with zero attached hydrogens (tertiary/aromatic N) is 1. The lowest BCUT2D eigenvalue weighted by atomic mass is 9.99. The molecule has 0 aliphatic rings. The zero-order valence-electron chi connectivity index (χ0n) is 18.2. The number of aromatic nitrogens is 2. The maximum absolute atomic E-state index is 12.9. The molecule has 5 nitrogen and oxygen atoms in total. The highest BCUT2D eigenvalue weighted by Crippen LogP contribution is 2.32. The first-order valence-electron chi connectivity index (χ1n) is 10.5. The number of esters is 1. The van der Waals surface area contributed by atoms with Crippen molar-refractivity contribution in [3.8, 4) is 11.1 Å². The molecule has 0 radical (unpaired) electrons. The Labute approximate surface area is 194 Å². The molecule has 0 spiro atoms. The summed E-state index contributed by atoms with van der Waals surface area (Å²) >= 11 is 2.94. The Morgan fingerprint density at radius 1 is 1.12 bits per heavy atom. The van der Waals surface area contributed by atoms with Gasteiger partial charge in [0.2, 0.25) is 0 Å². The molecule has 0 bridgehead atoms. The minimum Gasteiger partial charge on any atom is -0.462 e. The van der Waals surface area contributed by atoms with E-state index in [-0.39, 0.29) is 11.5 Å². The Morgan fingerprint density at radius 3 is 2.50 bits per heavy atom. The number of fused-ring (bicyclic) bond motifs is 1. The van der Waals surface area contributed by atoms with Crippen LogP contribution < -0.4 is 5.56 Å². The van der Waals surface area contributed by atoms with Crippen LogP contribution in [0.15, 0.2) is 63.9 Å². The molecule has 4 rings (SSSR count). The van der Waals surface area contributed by atoms with Gasteiger partial charge in [0, 0.05) is 16.7 Å². The summed E-state index contributed by atoms with van der Waals surface area (Å²) in [5.41, 5.74) is 4.65. The summed E-state index contributed by atoms with van der Waals surface area (Å²) in [6, 6.07) is 15.6. The van der Waals surface area contributed by atoms with E-state index in [9.17, 15) is 9.59 Å². The minimum absolute atomic E-state index is 0.126. The summed E-state index contributed by atoms with van der Waals surface area (Å²) in [5.74, 6) is 0.775. The molecule has 32 heavy (non-hydrogen) atoms. The molecule has 164 valence electrons. The molecule has 2 aromatic heterocycles. The van der Waals surface area contributed by atoms with Gasteiger partial charge in [-0.2, -0.15) is 0 Å². The van der Waals surface area contributed by atoms with Crippen LogP contribution in [0, 0.1) is 0 Å². The van der Waals surface area contributed by atoms with E-state index in [0.29, 0.717) is 34.4 Å². The predicted octanol–water partition coefficient (Wildman–Crippen LogP) is 6.24. The Hall–Kier alpha value is -2.90. The van der Waals surface area contributed by atoms with Crippen LogP contribution in [0.2, 0.25) is 0 Å². The summed E-state index contributed by atoms with van der Waals surface area (Å²) in [6.07, 6.45) is 0. The van der Waals surface area contributed by atoms with Crippen molar-refractivity contribution in [1.82, 2.24) is 9.97 Å². The maximum atomic E-state index is 12.9. The summed E-state index contributed by atoms with van der Waals surface area (Å²) in [5, 5.41) is 3.22. The van der Waals surface area contributed by atoms with Crippen LogP contribution in [0.4, 0.5) is 0 Å². The highest BCUT2D eigenvalue weighted by atomic mass is 32.2. The lowest BCUT2D eigenvalue weighted by Gasteiger charge is -2.07. The molecule has 0 aliphatic carbocycles. The number of hydrogen-bond donors (Lipinski definition) is 1. The van der Waals surface area contributed by atoms with Gasteiger partial charge < -0.3 is 9.72 Å². The number of carbonyl (C=O) groups is 1. The second-order valence-corrected chi connectivity index (χ2v) is 9.51. The van der Waals surface area contributed by atoms with Crippen LogP contribution in [0.5, 0.6) is 0 Å². The largest absolute Gasteiger partial charge is 0.462 e. The van der Waals surface area contributed by atoms with Crippen molar-refractivity contribution >= 4 is 39.3 Å². The predicted molar refractivity (Wildman–Crippen MR) is 132 cm³/mol. The van der Waals surface area contributed by atoms with Gasteiger partial charge in [-0.25, -0.2) is 9.78 Å². The number of thiophene rings is 1. The van der Waals surface area contributed by atoms with E-state index in [4.69, 9.17) is 4.74 Å². The summed E-state index contributed by atoms with van der Waals surface area (Å²) < 4.78 is 5.01. The molecular weight excluding hydrogens is 440 g/mol. The Kier molecular flexibility index (Phi) is 6.77. The first kappa shape index (κ1) is 22.3. The van der Waals surface area contributed by atoms with E-state index in [1.807, 2.05) is 17.5 Å². The number of aromatic amines is 1. The number of thioether (sulfide) groups is 1. The molecule has 0 unspecified atom stereocenters. The Bertz CT molecular complexity index is 1290. The van der Waals surface area contributed by atoms with E-state index in [2.05, 4.69) is 48.1 Å². The summed E-state index contributed by atoms with van der Waals surface area (Å²) in [4.78, 5) is 33.0. The van der Waals surface area contributed by atoms with Crippen LogP contribution in [0.3, 0.4) is 0 Å². The number of carbonyl (C=O) groups excluding carboxylic acids is 1. The van der Waals surface area contributed by atoms with Gasteiger partial charge in [0.1, 0.15) is 4.83 Å². The Morgan fingerprint density at radius 2 is 1.84 bits per heavy atom. The van der Waals surface area contributed by atoms with E-state index in [0.717, 1.165) is 21.5 Å². The van der Waals surface area contributed by atoms with Crippen LogP contribution in [0.1, 0.15) is 48.2 Å². The maximum Gasteiger partial charge on any atom is 0.338 e. The molecule has 2 aromatic carbocycles. The fourth-order valence-electron chi connectivity index (χ4n) is 3.36. The van der Waals surface area contributed by atoms with Crippen molar-refractivity contribution in [2.75, 3.05) is 6.61 Å². The minimum atomic E-state index is -0.324. The number of hydrogen-bond acceptors (Lipinski definition) is 6. The smallest absolute Gasteiger partial charge is 0.338 e. The van der Waals surface area contributed by atoms with E-state index in [1.165, 1.54) is 28.7 Å². The van der Waals surface area contributed by atoms with Gasteiger partial charge >= 0.3 is 5.97 Å². The Balaban J connectivity index is 1.52. The number of nitrogens with one attached hydrogen (secondary N) is 1. The van der Waals surface area contributed by atoms with Gasteiger partial charge in [-0.05, 0) is 41.7 Å². The molecule has 2 heterocycles. The van der Waals surface area contributed by atoms with Crippen molar-refractivity contribution < 1.29 is 9.53 Å². The SMILES string of the molecule is CCOC(=O)c1ccc(CSc2nc3scc(-c4ccc(C(C)C)cc4)c3c(=O)[nH]2)cc1. The second-order valence-electron chi connectivity index (χ2n) is 7.68. The zero-order valence-corrected chi connectivity index (χ0v) is 19.8. The standard InChI is InChI=1S/C25H24N2O3S2/c1-4-30-24(29)19-7-5-16(6-8-19)13-32-25-26-22(28)21-20(14-31-23(21)27-25)18-11-9-17(10-12-18)15(2)3/h5-12,14-15H,4,13H2,1-3H3,(H,26,27,28). The van der Waals surface area contributed by atoms with Crippen molar-refractivity contribution in [2.45, 2.75) is 37.6 Å². The molecule has 0 amide bonds. The van der Waals surface area contributed by atoms with Crippen LogP contribution >= 0.6 is 23.1 Å². The molecular formula is C25H24N2O3S2. The average Bonchev–Trinajstić information content (AvgIpc) is 3.23. The first-order chi connectivity index (χ1) is 15.5. The molecule has 7 heteroatoms. The molecule has 0 saturated carbocycles. The van der Waals surface area contributed by atoms with Crippen molar-refractivity contribution in [2.24, 2.45) is 0 Å². The second kappa shape index (κ2) is 9.71. The fraction of sp³-hybridized carbons (Fsp3) is 0.240. The van der Waals surface area contributed by atoms with Crippen LogP contribution in [-0.2, 0) is 10.5 Å². The van der Waals surface area contributed by atoms with E-state index < -0.39 is 0 Å². The quantitative estimate of drug-likeness (QED) is 0.199. The molecule has 0 atom stereocenters. The molecule has 0 saturated heterocycles. The third-order valence-electron chi connectivity index (χ3n) is 5.15. The zero-order chi connectivity index (χ0) is 22.7. The number of H-pyrrole nitrogens is 1. The van der Waals surface area contributed by atoms with Crippen molar-refractivity contribution in [1.29, 1.82) is 0 Å². The van der Waals surface area contributed by atoms with Gasteiger partial charge in [0.15, 0.2) is 5.16 Å². The van der Waals surface area contributed by atoms with Crippen molar-refractivity contribution in [3.63, 3.8) is 0 Å². The number of rotatable bonds is 7. The first-order valence-corrected chi connectivity index (χ1v) is 12.3. The van der Waals surface area contributed by atoms with Gasteiger partial charge in [-0.15, -0.1) is 11.3 Å². The third kappa shape index (κ3) is 4.79. The van der Waals surface area contributed by atoms with Gasteiger partial charge in [0.25, 0.3) is 5.56 Å². The molecule has 0 aliphatic heterocycles. The molecule has 4 aromatic rings. The molecule has 1 N–H and O–H groups in total. The van der Waals surface area contributed by atoms with Crippen molar-refractivity contribution in [3.05, 3.63) is 81.0 Å². The summed E-state index contributed by atoms with van der Waals surface area (Å²) in [6.45, 7) is 6.47. The molecule has 0 fully saturated rings. The average molecular weight is 465 g/mol. The highest BCUT2D eigenvalue weighted by Gasteiger charge is 2.14. The lowest BCUT2D eigenvalue weighted by Crippen LogP contribution is -2.08. The van der Waals surface area contributed by atoms with Gasteiger partial charge in [-0.3, -0.25) is 4.79 Å². The third-order valence-corrected chi connectivity index (χ3v) is 6.97. The highest BCUT2D eigenvalue weighted by molar-refractivity contribution is 7.98. The van der Waals surface area contributed by atoms with Crippen LogP contribution in [0.25, 0.3) is 21.3 Å². The summed E-state index contributed by atoms with van der Waals surface area (Å²) in [7, 11) is 0. The van der Waals surface area contributed by atoms with Gasteiger partial charge in [0.05, 0.1) is 17.6 Å². The van der Waals surface area contributed by atoms with Crippen LogP contribution in [-0.4, -0.2) is 22.5 Å². The normalized spacial score (nSPS) is 11.2.